The van der Waals surface area contributed by atoms with Gasteiger partial charge in [-0.25, -0.2) is 9.78 Å². The molecule has 0 aliphatic carbocycles. The number of rotatable bonds is 6. The van der Waals surface area contributed by atoms with Gasteiger partial charge in [0.25, 0.3) is 0 Å². The molecule has 168 valence electrons. The average Bonchev–Trinajstić information content (AvgIpc) is 2.83. The highest BCUT2D eigenvalue weighted by molar-refractivity contribution is 5.99. The minimum atomic E-state index is -0.369. The van der Waals surface area contributed by atoms with Crippen LogP contribution < -0.4 is 24.8 Å². The molecule has 33 heavy (non-hydrogen) atoms. The molecule has 4 rings (SSSR count). The van der Waals surface area contributed by atoms with Crippen molar-refractivity contribution < 1.29 is 19.0 Å². The second kappa shape index (κ2) is 9.44. The van der Waals surface area contributed by atoms with Crippen LogP contribution in [0.15, 0.2) is 60.9 Å². The number of amides is 2. The second-order valence-corrected chi connectivity index (χ2v) is 7.29. The lowest BCUT2D eigenvalue weighted by Crippen LogP contribution is -2.20. The lowest BCUT2D eigenvalue weighted by molar-refractivity contribution is 0.262. The van der Waals surface area contributed by atoms with Crippen molar-refractivity contribution >= 4 is 28.4 Å². The molecular weight excluding hydrogens is 420 g/mol. The average molecular weight is 444 g/mol. The van der Waals surface area contributed by atoms with E-state index < -0.39 is 0 Å². The fraction of sp³-hybridized carbons (Fsp3) is 0.160. The standard InChI is InChI=1S/C25H24N4O4/c1-15-16(2)20(9-8-18(15)28-25(30)29-24-7-5-6-11-27-24)33-21-10-12-26-19-14-23(32-4)22(31-3)13-17(19)21/h5-14H,1-4H3,(H2,27,28,29,30). The van der Waals surface area contributed by atoms with Crippen molar-refractivity contribution in [3.63, 3.8) is 0 Å². The number of carbonyl (C=O) groups excluding carboxylic acids is 1. The van der Waals surface area contributed by atoms with Crippen LogP contribution in [0.3, 0.4) is 0 Å². The molecule has 0 saturated carbocycles. The van der Waals surface area contributed by atoms with Gasteiger partial charge in [-0.2, -0.15) is 0 Å². The summed E-state index contributed by atoms with van der Waals surface area (Å²) in [5, 5.41) is 6.37. The summed E-state index contributed by atoms with van der Waals surface area (Å²) in [6.45, 7) is 3.87. The summed E-state index contributed by atoms with van der Waals surface area (Å²) in [6.07, 6.45) is 3.30. The molecule has 2 aromatic heterocycles. The van der Waals surface area contributed by atoms with Gasteiger partial charge in [0.2, 0.25) is 0 Å². The second-order valence-electron chi connectivity index (χ2n) is 7.29. The smallest absolute Gasteiger partial charge is 0.324 e. The monoisotopic (exact) mass is 444 g/mol. The van der Waals surface area contributed by atoms with Gasteiger partial charge in [0.05, 0.1) is 19.7 Å². The SMILES string of the molecule is COc1cc2nccc(Oc3ccc(NC(=O)Nc4ccccn4)c(C)c3C)c2cc1OC. The Hall–Kier alpha value is -4.33. The Morgan fingerprint density at radius 1 is 0.788 bits per heavy atom. The number of nitrogens with zero attached hydrogens (tertiary/aromatic N) is 2. The van der Waals surface area contributed by atoms with E-state index in [4.69, 9.17) is 14.2 Å². The van der Waals surface area contributed by atoms with Gasteiger partial charge in [0.15, 0.2) is 11.5 Å². The van der Waals surface area contributed by atoms with Crippen molar-refractivity contribution in [3.8, 4) is 23.0 Å². The van der Waals surface area contributed by atoms with Crippen LogP contribution >= 0.6 is 0 Å². The van der Waals surface area contributed by atoms with Crippen LogP contribution in [0.2, 0.25) is 0 Å². The van der Waals surface area contributed by atoms with Crippen LogP contribution in [0.25, 0.3) is 10.9 Å². The van der Waals surface area contributed by atoms with Crippen LogP contribution in [0, 0.1) is 13.8 Å². The van der Waals surface area contributed by atoms with Crippen LogP contribution in [-0.2, 0) is 0 Å². The van der Waals surface area contributed by atoms with Crippen molar-refractivity contribution in [3.05, 3.63) is 72.1 Å². The molecule has 2 heterocycles. The quantitative estimate of drug-likeness (QED) is 0.396. The molecule has 8 nitrogen and oxygen atoms in total. The van der Waals surface area contributed by atoms with Gasteiger partial charge in [-0.05, 0) is 61.4 Å². The highest BCUT2D eigenvalue weighted by Gasteiger charge is 2.14. The van der Waals surface area contributed by atoms with E-state index in [1.54, 1.807) is 50.9 Å². The number of nitrogens with one attached hydrogen (secondary N) is 2. The van der Waals surface area contributed by atoms with Crippen molar-refractivity contribution in [2.75, 3.05) is 24.9 Å². The van der Waals surface area contributed by atoms with Crippen LogP contribution in [0.4, 0.5) is 16.3 Å². The molecule has 8 heteroatoms. The van der Waals surface area contributed by atoms with Crippen molar-refractivity contribution in [1.82, 2.24) is 9.97 Å². The number of fused-ring (bicyclic) bond motifs is 1. The maximum atomic E-state index is 12.4. The zero-order valence-corrected chi connectivity index (χ0v) is 18.8. The molecule has 0 radical (unpaired) electrons. The lowest BCUT2D eigenvalue weighted by atomic mass is 10.1. The first-order valence-corrected chi connectivity index (χ1v) is 10.3. The molecule has 2 amide bonds. The number of methoxy groups -OCH3 is 2. The van der Waals surface area contributed by atoms with E-state index >= 15 is 0 Å². The molecule has 0 fully saturated rings. The largest absolute Gasteiger partial charge is 0.493 e. The predicted molar refractivity (Wildman–Crippen MR) is 128 cm³/mol. The Labute approximate surface area is 191 Å². The van der Waals surface area contributed by atoms with E-state index in [1.165, 1.54) is 0 Å². The number of ether oxygens (including phenoxy) is 3. The van der Waals surface area contributed by atoms with Gasteiger partial charge >= 0.3 is 6.03 Å². The highest BCUT2D eigenvalue weighted by atomic mass is 16.5. The summed E-state index contributed by atoms with van der Waals surface area (Å²) in [5.74, 6) is 2.97. The van der Waals surface area contributed by atoms with Gasteiger partial charge in [0, 0.05) is 29.5 Å². The topological polar surface area (TPSA) is 94.6 Å². The van der Waals surface area contributed by atoms with Crippen molar-refractivity contribution in [1.29, 1.82) is 0 Å². The Kier molecular flexibility index (Phi) is 6.26. The number of aromatic nitrogens is 2. The minimum Gasteiger partial charge on any atom is -0.493 e. The van der Waals surface area contributed by atoms with Gasteiger partial charge in [-0.3, -0.25) is 10.3 Å². The van der Waals surface area contributed by atoms with E-state index in [1.807, 2.05) is 38.1 Å². The molecule has 0 aliphatic rings. The zero-order valence-electron chi connectivity index (χ0n) is 18.8. The summed E-state index contributed by atoms with van der Waals surface area (Å²) in [5.41, 5.74) is 3.20. The normalized spacial score (nSPS) is 10.5. The number of urea groups is 1. The molecule has 0 atom stereocenters. The summed E-state index contributed by atoms with van der Waals surface area (Å²) in [6, 6.07) is 14.0. The lowest BCUT2D eigenvalue weighted by Gasteiger charge is -2.16. The number of pyridine rings is 2. The van der Waals surface area contributed by atoms with Gasteiger partial charge < -0.3 is 19.5 Å². The third-order valence-corrected chi connectivity index (χ3v) is 5.32. The van der Waals surface area contributed by atoms with Crippen molar-refractivity contribution in [2.45, 2.75) is 13.8 Å². The van der Waals surface area contributed by atoms with E-state index in [0.717, 1.165) is 22.0 Å². The van der Waals surface area contributed by atoms with Gasteiger partial charge in [-0.1, -0.05) is 6.07 Å². The first-order chi connectivity index (χ1) is 16.0. The van der Waals surface area contributed by atoms with E-state index in [-0.39, 0.29) is 6.03 Å². The fourth-order valence-electron chi connectivity index (χ4n) is 3.40. The van der Waals surface area contributed by atoms with Crippen LogP contribution in [0.1, 0.15) is 11.1 Å². The summed E-state index contributed by atoms with van der Waals surface area (Å²) in [4.78, 5) is 20.9. The number of hydrogen-bond donors (Lipinski definition) is 2. The Balaban J connectivity index is 1.59. The van der Waals surface area contributed by atoms with E-state index in [9.17, 15) is 4.79 Å². The summed E-state index contributed by atoms with van der Waals surface area (Å²) >= 11 is 0. The maximum absolute atomic E-state index is 12.4. The Morgan fingerprint density at radius 2 is 1.58 bits per heavy atom. The third-order valence-electron chi connectivity index (χ3n) is 5.32. The number of carbonyl (C=O) groups is 1. The van der Waals surface area contributed by atoms with Crippen LogP contribution in [-0.4, -0.2) is 30.2 Å². The molecule has 2 aromatic carbocycles. The summed E-state index contributed by atoms with van der Waals surface area (Å²) in [7, 11) is 3.17. The molecule has 4 aromatic rings. The number of benzene rings is 2. The third kappa shape index (κ3) is 4.64. The Morgan fingerprint density at radius 3 is 2.30 bits per heavy atom. The molecule has 0 aliphatic heterocycles. The van der Waals surface area contributed by atoms with Gasteiger partial charge in [0.1, 0.15) is 17.3 Å². The van der Waals surface area contributed by atoms with E-state index in [2.05, 4.69) is 20.6 Å². The van der Waals surface area contributed by atoms with Gasteiger partial charge in [-0.15, -0.1) is 0 Å². The Bertz CT molecular complexity index is 1310. The molecule has 0 unspecified atom stereocenters. The first-order valence-electron chi connectivity index (χ1n) is 10.3. The number of anilines is 2. The predicted octanol–water partition coefficient (Wildman–Crippen LogP) is 5.70. The molecule has 2 N–H and O–H groups in total. The first kappa shape index (κ1) is 21.9. The van der Waals surface area contributed by atoms with E-state index in [0.29, 0.717) is 34.5 Å². The highest BCUT2D eigenvalue weighted by Crippen LogP contribution is 2.38. The van der Waals surface area contributed by atoms with Crippen LogP contribution in [0.5, 0.6) is 23.0 Å². The number of hydrogen-bond acceptors (Lipinski definition) is 6. The maximum Gasteiger partial charge on any atom is 0.324 e. The fourth-order valence-corrected chi connectivity index (χ4v) is 3.40. The zero-order chi connectivity index (χ0) is 23.4. The van der Waals surface area contributed by atoms with Crippen molar-refractivity contribution in [2.24, 2.45) is 0 Å². The summed E-state index contributed by atoms with van der Waals surface area (Å²) < 4.78 is 17.1. The molecule has 0 spiro atoms. The molecular formula is C25H24N4O4. The molecule has 0 saturated heterocycles. The molecule has 0 bridgehead atoms. The minimum absolute atomic E-state index is 0.369.